The standard InChI is InChI=1S/C26H31N5O4S2.C2HF3O2/c1-17-25(36-26(29-17)30-18(2)32)37(34,35)31-22-13-21(14-27-15-22)24(33)28-16-23(19-9-5-3-6-10-19)20-11-7-4-8-12-20;3-2(4,5)1(6)7/h3-12,21-23,27,31H,13-16H2,1-2H3,(H,28,33)(H,29,30,32);(H,6,7)/t21-,22+;/m0./s1. The van der Waals surface area contributed by atoms with Crippen LogP contribution in [0.3, 0.4) is 0 Å². The lowest BCUT2D eigenvalue weighted by atomic mass is 9.90. The van der Waals surface area contributed by atoms with Gasteiger partial charge in [0.05, 0.1) is 11.6 Å². The molecule has 1 aliphatic heterocycles. The van der Waals surface area contributed by atoms with Gasteiger partial charge in [-0.3, -0.25) is 9.59 Å². The number of carboxylic acids is 1. The summed E-state index contributed by atoms with van der Waals surface area (Å²) in [6.07, 6.45) is -4.71. The molecule has 44 heavy (non-hydrogen) atoms. The second-order valence-corrected chi connectivity index (χ2v) is 12.8. The number of rotatable bonds is 9. The molecule has 2 heterocycles. The Kier molecular flexibility index (Phi) is 12.0. The molecule has 1 aromatic heterocycles. The number of hydrogen-bond donors (Lipinski definition) is 5. The summed E-state index contributed by atoms with van der Waals surface area (Å²) in [4.78, 5) is 37.5. The first-order chi connectivity index (χ1) is 20.7. The Labute approximate surface area is 256 Å². The molecule has 11 nitrogen and oxygen atoms in total. The molecule has 0 spiro atoms. The van der Waals surface area contributed by atoms with Crippen molar-refractivity contribution in [2.24, 2.45) is 5.92 Å². The van der Waals surface area contributed by atoms with E-state index in [0.29, 0.717) is 31.7 Å². The summed E-state index contributed by atoms with van der Waals surface area (Å²) >= 11 is 0.904. The Balaban J connectivity index is 0.000000676. The van der Waals surface area contributed by atoms with Crippen molar-refractivity contribution < 1.29 is 41.1 Å². The zero-order valence-corrected chi connectivity index (χ0v) is 25.4. The van der Waals surface area contributed by atoms with Crippen LogP contribution < -0.4 is 20.7 Å². The van der Waals surface area contributed by atoms with E-state index in [1.165, 1.54) is 6.92 Å². The van der Waals surface area contributed by atoms with Crippen LogP contribution in [0.25, 0.3) is 0 Å². The number of nitrogens with zero attached hydrogens (tertiary/aromatic N) is 1. The highest BCUT2D eigenvalue weighted by atomic mass is 32.2. The van der Waals surface area contributed by atoms with Crippen molar-refractivity contribution in [1.29, 1.82) is 0 Å². The third kappa shape index (κ3) is 10.1. The number of alkyl halides is 3. The zero-order valence-electron chi connectivity index (χ0n) is 23.7. The maximum Gasteiger partial charge on any atom is 0.490 e. The fraction of sp³-hybridized carbons (Fsp3) is 0.357. The van der Waals surface area contributed by atoms with Crippen molar-refractivity contribution in [3.63, 3.8) is 0 Å². The topological polar surface area (TPSA) is 167 Å². The van der Waals surface area contributed by atoms with Crippen LogP contribution in [-0.2, 0) is 24.4 Å². The molecule has 0 radical (unpaired) electrons. The first kappa shape index (κ1) is 34.6. The Bertz CT molecular complexity index is 1500. The van der Waals surface area contributed by atoms with Gasteiger partial charge in [-0.15, -0.1) is 0 Å². The third-order valence-electron chi connectivity index (χ3n) is 6.45. The first-order valence-corrected chi connectivity index (χ1v) is 15.6. The second kappa shape index (κ2) is 15.2. The maximum absolute atomic E-state index is 13.1. The monoisotopic (exact) mass is 655 g/mol. The average molecular weight is 656 g/mol. The van der Waals surface area contributed by atoms with Crippen LogP contribution in [0.5, 0.6) is 0 Å². The average Bonchev–Trinajstić information content (AvgIpc) is 3.34. The second-order valence-electron chi connectivity index (χ2n) is 9.90. The lowest BCUT2D eigenvalue weighted by molar-refractivity contribution is -0.192. The van der Waals surface area contributed by atoms with Crippen LogP contribution in [0.2, 0.25) is 0 Å². The van der Waals surface area contributed by atoms with Crippen LogP contribution >= 0.6 is 11.3 Å². The van der Waals surface area contributed by atoms with E-state index in [2.05, 4.69) is 49.9 Å². The molecule has 2 aromatic carbocycles. The number of piperidine rings is 1. The minimum Gasteiger partial charge on any atom is -0.475 e. The molecule has 4 rings (SSSR count). The molecule has 1 fully saturated rings. The number of nitrogens with one attached hydrogen (secondary N) is 4. The quantitative estimate of drug-likeness (QED) is 0.234. The molecule has 1 saturated heterocycles. The number of carboxylic acid groups (broad SMARTS) is 1. The van der Waals surface area contributed by atoms with Gasteiger partial charge in [-0.2, -0.15) is 13.2 Å². The molecule has 16 heteroatoms. The van der Waals surface area contributed by atoms with Gasteiger partial charge in [0.15, 0.2) is 9.34 Å². The smallest absolute Gasteiger partial charge is 0.475 e. The molecule has 0 aliphatic carbocycles. The van der Waals surface area contributed by atoms with Gasteiger partial charge in [0.25, 0.3) is 10.0 Å². The lowest BCUT2D eigenvalue weighted by Gasteiger charge is -2.30. The number of aliphatic carboxylic acids is 1. The molecule has 0 unspecified atom stereocenters. The largest absolute Gasteiger partial charge is 0.490 e. The predicted octanol–water partition coefficient (Wildman–Crippen LogP) is 3.25. The zero-order chi connectivity index (χ0) is 32.5. The summed E-state index contributed by atoms with van der Waals surface area (Å²) in [6, 6.07) is 19.6. The highest BCUT2D eigenvalue weighted by Crippen LogP contribution is 2.28. The molecule has 2 amide bonds. The van der Waals surface area contributed by atoms with Crippen LogP contribution in [-0.4, -0.2) is 68.1 Å². The van der Waals surface area contributed by atoms with Crippen molar-refractivity contribution in [1.82, 2.24) is 20.3 Å². The van der Waals surface area contributed by atoms with E-state index in [1.54, 1.807) is 6.92 Å². The number of halogens is 3. The van der Waals surface area contributed by atoms with E-state index in [1.807, 2.05) is 36.4 Å². The summed E-state index contributed by atoms with van der Waals surface area (Å²) < 4.78 is 60.6. The fourth-order valence-corrected chi connectivity index (χ4v) is 7.21. The third-order valence-corrected chi connectivity index (χ3v) is 9.65. The summed E-state index contributed by atoms with van der Waals surface area (Å²) in [5, 5.41) is 16.1. The highest BCUT2D eigenvalue weighted by Gasteiger charge is 2.38. The minimum absolute atomic E-state index is 0.00399. The van der Waals surface area contributed by atoms with Gasteiger partial charge in [0, 0.05) is 38.5 Å². The summed E-state index contributed by atoms with van der Waals surface area (Å²) in [6.45, 7) is 4.24. The fourth-order valence-electron chi connectivity index (χ4n) is 4.49. The number of benzene rings is 2. The number of aromatic nitrogens is 1. The Hall–Kier alpha value is -3.86. The number of thiazole rings is 1. The van der Waals surface area contributed by atoms with Gasteiger partial charge in [0.2, 0.25) is 11.8 Å². The Morgan fingerprint density at radius 3 is 2.09 bits per heavy atom. The predicted molar refractivity (Wildman–Crippen MR) is 158 cm³/mol. The van der Waals surface area contributed by atoms with Gasteiger partial charge >= 0.3 is 12.1 Å². The van der Waals surface area contributed by atoms with Crippen LogP contribution in [0.4, 0.5) is 18.3 Å². The van der Waals surface area contributed by atoms with E-state index in [9.17, 15) is 31.2 Å². The first-order valence-electron chi connectivity index (χ1n) is 13.3. The van der Waals surface area contributed by atoms with E-state index in [0.717, 1.165) is 22.5 Å². The summed E-state index contributed by atoms with van der Waals surface area (Å²) in [5.74, 6) is -3.57. The Morgan fingerprint density at radius 1 is 1.05 bits per heavy atom. The number of sulfonamides is 1. The van der Waals surface area contributed by atoms with Gasteiger partial charge in [-0.25, -0.2) is 22.9 Å². The summed E-state index contributed by atoms with van der Waals surface area (Å²) in [5.41, 5.74) is 2.53. The number of amides is 2. The van der Waals surface area contributed by atoms with Crippen LogP contribution in [0.1, 0.15) is 36.1 Å². The van der Waals surface area contributed by atoms with Crippen molar-refractivity contribution in [3.8, 4) is 0 Å². The minimum atomic E-state index is -5.08. The van der Waals surface area contributed by atoms with Crippen molar-refractivity contribution in [2.45, 2.75) is 42.6 Å². The number of hydrogen-bond acceptors (Lipinski definition) is 8. The number of anilines is 1. The normalized spacial score (nSPS) is 16.9. The van der Waals surface area contributed by atoms with Crippen molar-refractivity contribution >= 4 is 44.3 Å². The van der Waals surface area contributed by atoms with E-state index in [4.69, 9.17) is 9.90 Å². The van der Waals surface area contributed by atoms with Gasteiger partial charge in [-0.1, -0.05) is 72.0 Å². The molecule has 1 aliphatic rings. The van der Waals surface area contributed by atoms with E-state index in [-0.39, 0.29) is 33.0 Å². The molecule has 0 saturated carbocycles. The van der Waals surface area contributed by atoms with Gasteiger partial charge in [0.1, 0.15) is 0 Å². The molecule has 238 valence electrons. The van der Waals surface area contributed by atoms with Crippen molar-refractivity contribution in [3.05, 3.63) is 77.5 Å². The van der Waals surface area contributed by atoms with Gasteiger partial charge < -0.3 is 21.1 Å². The maximum atomic E-state index is 13.1. The summed E-state index contributed by atoms with van der Waals surface area (Å²) in [7, 11) is -3.87. The van der Waals surface area contributed by atoms with Crippen LogP contribution in [0, 0.1) is 12.8 Å². The molecule has 3 aromatic rings. The number of aryl methyl sites for hydroxylation is 1. The Morgan fingerprint density at radius 2 is 1.59 bits per heavy atom. The van der Waals surface area contributed by atoms with Gasteiger partial charge in [-0.05, 0) is 24.5 Å². The molecular formula is C28H32F3N5O6S2. The van der Waals surface area contributed by atoms with E-state index >= 15 is 0 Å². The number of carbonyl (C=O) groups excluding carboxylic acids is 2. The van der Waals surface area contributed by atoms with Crippen LogP contribution in [0.15, 0.2) is 64.9 Å². The number of carbonyl (C=O) groups is 3. The van der Waals surface area contributed by atoms with E-state index < -0.39 is 28.2 Å². The highest BCUT2D eigenvalue weighted by molar-refractivity contribution is 7.91. The molecule has 5 N–H and O–H groups in total. The SMILES string of the molecule is CC(=O)Nc1nc(C)c(S(=O)(=O)N[C@H]2CNC[C@@H](C(=O)NCC(c3ccccc3)c3ccccc3)C2)s1.O=C(O)C(F)(F)F. The molecular weight excluding hydrogens is 623 g/mol. The lowest BCUT2D eigenvalue weighted by Crippen LogP contribution is -2.52. The molecule has 2 atom stereocenters. The molecule has 0 bridgehead atoms. The van der Waals surface area contributed by atoms with Crippen molar-refractivity contribution in [2.75, 3.05) is 25.0 Å².